The van der Waals surface area contributed by atoms with Crippen LogP contribution < -0.4 is 4.90 Å². The molecule has 2 unspecified atom stereocenters. The van der Waals surface area contributed by atoms with Crippen LogP contribution in [0.15, 0.2) is 59.3 Å². The SMILES string of the molecule is CC1CN(c2ncnc3ccc(Br)cc23)CC(c2ccccc2)O1. The molecule has 2 aromatic carbocycles. The number of morpholine rings is 1. The summed E-state index contributed by atoms with van der Waals surface area (Å²) < 4.78 is 7.20. The van der Waals surface area contributed by atoms with Gasteiger partial charge in [-0.2, -0.15) is 0 Å². The van der Waals surface area contributed by atoms with Gasteiger partial charge in [-0.1, -0.05) is 46.3 Å². The molecule has 1 aliphatic rings. The lowest BCUT2D eigenvalue weighted by atomic mass is 10.1. The molecule has 4 rings (SSSR count). The molecular formula is C19H18BrN3O. The second-order valence-corrected chi connectivity index (χ2v) is 7.03. The molecule has 0 N–H and O–H groups in total. The molecule has 0 bridgehead atoms. The average Bonchev–Trinajstić information content (AvgIpc) is 2.61. The summed E-state index contributed by atoms with van der Waals surface area (Å²) in [6, 6.07) is 16.5. The average molecular weight is 384 g/mol. The van der Waals surface area contributed by atoms with Gasteiger partial charge in [-0.25, -0.2) is 9.97 Å². The molecule has 1 saturated heterocycles. The van der Waals surface area contributed by atoms with Crippen molar-refractivity contribution in [1.29, 1.82) is 0 Å². The molecule has 24 heavy (non-hydrogen) atoms. The molecule has 2 atom stereocenters. The zero-order valence-electron chi connectivity index (χ0n) is 13.4. The van der Waals surface area contributed by atoms with Crippen molar-refractivity contribution in [3.8, 4) is 0 Å². The van der Waals surface area contributed by atoms with Crippen LogP contribution in [0, 0.1) is 0 Å². The largest absolute Gasteiger partial charge is 0.367 e. The minimum atomic E-state index is 0.0483. The van der Waals surface area contributed by atoms with Crippen LogP contribution in [0.2, 0.25) is 0 Å². The third kappa shape index (κ3) is 3.01. The second kappa shape index (κ2) is 6.49. The van der Waals surface area contributed by atoms with Crippen molar-refractivity contribution in [1.82, 2.24) is 9.97 Å². The highest BCUT2D eigenvalue weighted by atomic mass is 79.9. The Morgan fingerprint density at radius 1 is 1.08 bits per heavy atom. The fraction of sp³-hybridized carbons (Fsp3) is 0.263. The Labute approximate surface area is 149 Å². The Morgan fingerprint density at radius 3 is 2.75 bits per heavy atom. The third-order valence-corrected chi connectivity index (χ3v) is 4.80. The summed E-state index contributed by atoms with van der Waals surface area (Å²) in [7, 11) is 0. The van der Waals surface area contributed by atoms with Crippen LogP contribution in [-0.2, 0) is 4.74 Å². The molecule has 0 saturated carbocycles. The van der Waals surface area contributed by atoms with Gasteiger partial charge in [-0.05, 0) is 30.7 Å². The van der Waals surface area contributed by atoms with Crippen molar-refractivity contribution >= 4 is 32.7 Å². The smallest absolute Gasteiger partial charge is 0.140 e. The Balaban J connectivity index is 1.72. The quantitative estimate of drug-likeness (QED) is 0.658. The number of hydrogen-bond acceptors (Lipinski definition) is 4. The normalized spacial score (nSPS) is 21.2. The third-order valence-electron chi connectivity index (χ3n) is 4.31. The minimum absolute atomic E-state index is 0.0483. The fourth-order valence-corrected chi connectivity index (χ4v) is 3.60. The van der Waals surface area contributed by atoms with E-state index in [0.29, 0.717) is 0 Å². The first kappa shape index (κ1) is 15.5. The van der Waals surface area contributed by atoms with Gasteiger partial charge in [0.15, 0.2) is 0 Å². The fourth-order valence-electron chi connectivity index (χ4n) is 3.24. The van der Waals surface area contributed by atoms with Crippen molar-refractivity contribution in [2.45, 2.75) is 19.1 Å². The molecule has 0 amide bonds. The molecule has 0 radical (unpaired) electrons. The minimum Gasteiger partial charge on any atom is -0.367 e. The van der Waals surface area contributed by atoms with E-state index in [1.54, 1.807) is 6.33 Å². The summed E-state index contributed by atoms with van der Waals surface area (Å²) in [4.78, 5) is 11.3. The van der Waals surface area contributed by atoms with Crippen LogP contribution in [0.5, 0.6) is 0 Å². The van der Waals surface area contributed by atoms with Crippen LogP contribution >= 0.6 is 15.9 Å². The van der Waals surface area contributed by atoms with Gasteiger partial charge in [0, 0.05) is 22.9 Å². The number of ether oxygens (including phenoxy) is 1. The van der Waals surface area contributed by atoms with Gasteiger partial charge in [0.2, 0.25) is 0 Å². The molecule has 1 fully saturated rings. The molecule has 5 heteroatoms. The first-order valence-corrected chi connectivity index (χ1v) is 8.85. The number of anilines is 1. The van der Waals surface area contributed by atoms with E-state index in [4.69, 9.17) is 4.74 Å². The zero-order chi connectivity index (χ0) is 16.5. The van der Waals surface area contributed by atoms with E-state index in [9.17, 15) is 0 Å². The lowest BCUT2D eigenvalue weighted by Crippen LogP contribution is -2.43. The monoisotopic (exact) mass is 383 g/mol. The summed E-state index contributed by atoms with van der Waals surface area (Å²) in [6.45, 7) is 3.72. The maximum absolute atomic E-state index is 6.17. The maximum atomic E-state index is 6.17. The van der Waals surface area contributed by atoms with Gasteiger partial charge in [-0.15, -0.1) is 0 Å². The van der Waals surface area contributed by atoms with Gasteiger partial charge in [0.1, 0.15) is 18.2 Å². The molecule has 2 heterocycles. The van der Waals surface area contributed by atoms with Gasteiger partial charge in [0.05, 0.1) is 11.6 Å². The number of rotatable bonds is 2. The number of hydrogen-bond donors (Lipinski definition) is 0. The van der Waals surface area contributed by atoms with Crippen LogP contribution in [0.3, 0.4) is 0 Å². The Hall–Kier alpha value is -1.98. The van der Waals surface area contributed by atoms with Crippen LogP contribution in [0.4, 0.5) is 5.82 Å². The molecule has 3 aromatic rings. The van der Waals surface area contributed by atoms with E-state index in [1.165, 1.54) is 5.56 Å². The van der Waals surface area contributed by atoms with Crippen molar-refractivity contribution < 1.29 is 4.74 Å². The van der Waals surface area contributed by atoms with Crippen LogP contribution in [0.1, 0.15) is 18.6 Å². The standard InChI is InChI=1S/C19H18BrN3O/c1-13-10-23(11-18(24-13)14-5-3-2-4-6-14)19-16-9-15(20)7-8-17(16)21-12-22-19/h2-9,12-13,18H,10-11H2,1H3. The van der Waals surface area contributed by atoms with Crippen LogP contribution in [0.25, 0.3) is 10.9 Å². The molecule has 0 spiro atoms. The summed E-state index contributed by atoms with van der Waals surface area (Å²) >= 11 is 3.55. The molecule has 122 valence electrons. The molecule has 1 aliphatic heterocycles. The Kier molecular flexibility index (Phi) is 4.21. The van der Waals surface area contributed by atoms with E-state index in [1.807, 2.05) is 18.2 Å². The van der Waals surface area contributed by atoms with Crippen molar-refractivity contribution in [2.24, 2.45) is 0 Å². The highest BCUT2D eigenvalue weighted by molar-refractivity contribution is 9.10. The van der Waals surface area contributed by atoms with Crippen molar-refractivity contribution in [3.05, 3.63) is 64.9 Å². The molecule has 4 nitrogen and oxygen atoms in total. The molecule has 0 aliphatic carbocycles. The van der Waals surface area contributed by atoms with Crippen molar-refractivity contribution in [3.63, 3.8) is 0 Å². The van der Waals surface area contributed by atoms with E-state index < -0.39 is 0 Å². The lowest BCUT2D eigenvalue weighted by molar-refractivity contribution is -0.0175. The first-order chi connectivity index (χ1) is 11.7. The van der Waals surface area contributed by atoms with Gasteiger partial charge < -0.3 is 9.64 Å². The van der Waals surface area contributed by atoms with Crippen molar-refractivity contribution in [2.75, 3.05) is 18.0 Å². The first-order valence-electron chi connectivity index (χ1n) is 8.06. The molecular weight excluding hydrogens is 366 g/mol. The van der Waals surface area contributed by atoms with Gasteiger partial charge in [0.25, 0.3) is 0 Å². The van der Waals surface area contributed by atoms with E-state index in [2.05, 4.69) is 68.1 Å². The van der Waals surface area contributed by atoms with Crippen LogP contribution in [-0.4, -0.2) is 29.2 Å². The Morgan fingerprint density at radius 2 is 1.92 bits per heavy atom. The Bertz CT molecular complexity index is 856. The van der Waals surface area contributed by atoms with Gasteiger partial charge in [-0.3, -0.25) is 0 Å². The second-order valence-electron chi connectivity index (χ2n) is 6.11. The topological polar surface area (TPSA) is 38.2 Å². The predicted molar refractivity (Wildman–Crippen MR) is 99.2 cm³/mol. The van der Waals surface area contributed by atoms with E-state index in [-0.39, 0.29) is 12.2 Å². The summed E-state index contributed by atoms with van der Waals surface area (Å²) in [5.41, 5.74) is 2.16. The number of nitrogens with zero attached hydrogens (tertiary/aromatic N) is 3. The van der Waals surface area contributed by atoms with E-state index in [0.717, 1.165) is 34.3 Å². The number of aromatic nitrogens is 2. The summed E-state index contributed by atoms with van der Waals surface area (Å²) in [6.07, 6.45) is 1.83. The highest BCUT2D eigenvalue weighted by Gasteiger charge is 2.28. The number of fused-ring (bicyclic) bond motifs is 1. The zero-order valence-corrected chi connectivity index (χ0v) is 15.0. The highest BCUT2D eigenvalue weighted by Crippen LogP contribution is 2.32. The molecule has 1 aromatic heterocycles. The lowest BCUT2D eigenvalue weighted by Gasteiger charge is -2.38. The predicted octanol–water partition coefficient (Wildman–Crippen LogP) is 4.36. The maximum Gasteiger partial charge on any atom is 0.140 e. The number of benzene rings is 2. The van der Waals surface area contributed by atoms with Gasteiger partial charge >= 0.3 is 0 Å². The summed E-state index contributed by atoms with van der Waals surface area (Å²) in [5.74, 6) is 0.970. The number of halogens is 1. The summed E-state index contributed by atoms with van der Waals surface area (Å²) in [5, 5.41) is 1.06. The van der Waals surface area contributed by atoms with E-state index >= 15 is 0 Å².